The quantitative estimate of drug-likeness (QED) is 0.697. The van der Waals surface area contributed by atoms with Gasteiger partial charge in [0.25, 0.3) is 0 Å². The average molecular weight is 372 g/mol. The molecular formula is C15H17NO4S3. The summed E-state index contributed by atoms with van der Waals surface area (Å²) in [5.41, 5.74) is 2.39. The number of nitrogens with one attached hydrogen (secondary N) is 1. The fourth-order valence-electron chi connectivity index (χ4n) is 1.87. The third kappa shape index (κ3) is 5.07. The number of aryl methyl sites for hydroxylation is 1. The van der Waals surface area contributed by atoms with Crippen LogP contribution in [0.15, 0.2) is 40.6 Å². The van der Waals surface area contributed by atoms with Crippen molar-refractivity contribution in [3.63, 3.8) is 0 Å². The second kappa shape index (κ2) is 7.96. The molecule has 0 radical (unpaired) electrons. The summed E-state index contributed by atoms with van der Waals surface area (Å²) in [6.45, 7) is 2.29. The normalized spacial score (nSPS) is 11.5. The Bertz CT molecular complexity index is 766. The van der Waals surface area contributed by atoms with E-state index in [4.69, 9.17) is 5.11 Å². The molecule has 5 nitrogen and oxygen atoms in total. The van der Waals surface area contributed by atoms with Crippen molar-refractivity contribution in [3.8, 4) is 0 Å². The molecule has 0 saturated carbocycles. The molecule has 124 valence electrons. The number of hydrogen-bond acceptors (Lipinski definition) is 5. The van der Waals surface area contributed by atoms with Crippen LogP contribution in [0.25, 0.3) is 0 Å². The van der Waals surface area contributed by atoms with Crippen LogP contribution in [0.1, 0.15) is 20.8 Å². The Morgan fingerprint density at radius 1 is 1.26 bits per heavy atom. The lowest BCUT2D eigenvalue weighted by atomic mass is 10.2. The van der Waals surface area contributed by atoms with Gasteiger partial charge in [0.05, 0.1) is 0 Å². The Morgan fingerprint density at radius 2 is 1.96 bits per heavy atom. The van der Waals surface area contributed by atoms with Gasteiger partial charge in [-0.1, -0.05) is 29.8 Å². The van der Waals surface area contributed by atoms with Gasteiger partial charge in [-0.05, 0) is 23.9 Å². The summed E-state index contributed by atoms with van der Waals surface area (Å²) in [6, 6.07) is 9.51. The van der Waals surface area contributed by atoms with Crippen molar-refractivity contribution in [2.45, 2.75) is 17.6 Å². The van der Waals surface area contributed by atoms with E-state index in [-0.39, 0.29) is 16.3 Å². The van der Waals surface area contributed by atoms with Gasteiger partial charge in [-0.15, -0.1) is 11.3 Å². The molecule has 0 saturated heterocycles. The molecule has 2 aromatic rings. The van der Waals surface area contributed by atoms with Gasteiger partial charge in [-0.3, -0.25) is 0 Å². The molecule has 1 heterocycles. The Hall–Kier alpha value is -1.35. The number of rotatable bonds is 8. The van der Waals surface area contributed by atoms with Crippen molar-refractivity contribution < 1.29 is 18.3 Å². The fraction of sp³-hybridized carbons (Fsp3) is 0.267. The first-order valence-corrected chi connectivity index (χ1v) is 10.4. The predicted octanol–water partition coefficient (Wildman–Crippen LogP) is 2.97. The smallest absolute Gasteiger partial charge is 0.347 e. The summed E-state index contributed by atoms with van der Waals surface area (Å²) in [6.07, 6.45) is 0. The van der Waals surface area contributed by atoms with E-state index >= 15 is 0 Å². The highest BCUT2D eigenvalue weighted by Crippen LogP contribution is 2.21. The van der Waals surface area contributed by atoms with E-state index in [1.54, 1.807) is 11.8 Å². The second-order valence-electron chi connectivity index (χ2n) is 4.86. The minimum atomic E-state index is -3.78. The zero-order chi connectivity index (χ0) is 16.9. The Labute approximate surface area is 143 Å². The van der Waals surface area contributed by atoms with Crippen molar-refractivity contribution in [1.82, 2.24) is 4.72 Å². The minimum absolute atomic E-state index is 0.162. The molecule has 1 aromatic heterocycles. The maximum Gasteiger partial charge on any atom is 0.347 e. The molecule has 0 amide bonds. The van der Waals surface area contributed by atoms with Crippen molar-refractivity contribution >= 4 is 39.1 Å². The third-order valence-electron chi connectivity index (χ3n) is 3.04. The number of carboxylic acids is 1. The number of aromatic carboxylic acids is 1. The summed E-state index contributed by atoms with van der Waals surface area (Å²) >= 11 is 2.52. The maximum atomic E-state index is 12.1. The molecule has 0 aliphatic rings. The number of thiophene rings is 1. The molecule has 2 N–H and O–H groups in total. The van der Waals surface area contributed by atoms with Crippen LogP contribution in [0.3, 0.4) is 0 Å². The van der Waals surface area contributed by atoms with E-state index < -0.39 is 16.0 Å². The second-order valence-corrected chi connectivity index (χ2v) is 8.61. The Kier molecular flexibility index (Phi) is 6.23. The molecule has 0 fully saturated rings. The predicted molar refractivity (Wildman–Crippen MR) is 93.8 cm³/mol. The van der Waals surface area contributed by atoms with Gasteiger partial charge in [0.1, 0.15) is 9.77 Å². The van der Waals surface area contributed by atoms with Gasteiger partial charge in [0.2, 0.25) is 10.0 Å². The van der Waals surface area contributed by atoms with E-state index in [9.17, 15) is 13.2 Å². The lowest BCUT2D eigenvalue weighted by Crippen LogP contribution is -2.26. The van der Waals surface area contributed by atoms with E-state index in [2.05, 4.69) is 16.9 Å². The topological polar surface area (TPSA) is 83.5 Å². The highest BCUT2D eigenvalue weighted by Gasteiger charge is 2.23. The molecule has 0 aliphatic heterocycles. The van der Waals surface area contributed by atoms with Gasteiger partial charge in [0.15, 0.2) is 0 Å². The van der Waals surface area contributed by atoms with E-state index in [0.717, 1.165) is 17.1 Å². The number of sulfonamides is 1. The van der Waals surface area contributed by atoms with Gasteiger partial charge < -0.3 is 5.11 Å². The van der Waals surface area contributed by atoms with Crippen LogP contribution < -0.4 is 4.72 Å². The van der Waals surface area contributed by atoms with Gasteiger partial charge >= 0.3 is 5.97 Å². The Morgan fingerprint density at radius 3 is 2.61 bits per heavy atom. The Balaban J connectivity index is 1.82. The largest absolute Gasteiger partial charge is 0.477 e. The molecule has 0 unspecified atom stereocenters. The lowest BCUT2D eigenvalue weighted by molar-refractivity contribution is 0.0698. The summed E-state index contributed by atoms with van der Waals surface area (Å²) in [7, 11) is -3.78. The summed E-state index contributed by atoms with van der Waals surface area (Å²) in [4.78, 5) is 10.7. The van der Waals surface area contributed by atoms with Crippen molar-refractivity contribution in [3.05, 3.63) is 51.7 Å². The summed E-state index contributed by atoms with van der Waals surface area (Å²) < 4.78 is 26.7. The molecule has 2 rings (SSSR count). The highest BCUT2D eigenvalue weighted by molar-refractivity contribution is 7.98. The first kappa shape index (κ1) is 18.0. The van der Waals surface area contributed by atoms with Crippen LogP contribution >= 0.6 is 23.1 Å². The monoisotopic (exact) mass is 371 g/mol. The first-order chi connectivity index (χ1) is 10.9. The zero-order valence-electron chi connectivity index (χ0n) is 12.5. The molecular weight excluding hydrogens is 354 g/mol. The molecule has 0 bridgehead atoms. The molecule has 23 heavy (non-hydrogen) atoms. The van der Waals surface area contributed by atoms with Crippen LogP contribution in [0, 0.1) is 6.92 Å². The van der Waals surface area contributed by atoms with Crippen LogP contribution in [0.5, 0.6) is 0 Å². The van der Waals surface area contributed by atoms with Gasteiger partial charge in [-0.25, -0.2) is 17.9 Å². The number of thioether (sulfide) groups is 1. The summed E-state index contributed by atoms with van der Waals surface area (Å²) in [5, 5.41) is 10.4. The average Bonchev–Trinajstić information content (AvgIpc) is 2.99. The van der Waals surface area contributed by atoms with Crippen molar-refractivity contribution in [1.29, 1.82) is 0 Å². The third-order valence-corrected chi connectivity index (χ3v) is 6.61. The van der Waals surface area contributed by atoms with Crippen LogP contribution in [0.4, 0.5) is 0 Å². The zero-order valence-corrected chi connectivity index (χ0v) is 14.9. The molecule has 0 aliphatic carbocycles. The SMILES string of the molecule is Cc1ccc(CSCCNS(=O)(=O)c2ccsc2C(=O)O)cc1. The van der Waals surface area contributed by atoms with Crippen molar-refractivity contribution in [2.75, 3.05) is 12.3 Å². The van der Waals surface area contributed by atoms with Crippen molar-refractivity contribution in [2.24, 2.45) is 0 Å². The molecule has 0 atom stereocenters. The molecule has 0 spiro atoms. The fourth-order valence-corrected chi connectivity index (χ4v) is 5.10. The van der Waals surface area contributed by atoms with Gasteiger partial charge in [0, 0.05) is 18.1 Å². The van der Waals surface area contributed by atoms with Crippen LogP contribution in [-0.2, 0) is 15.8 Å². The first-order valence-electron chi connectivity index (χ1n) is 6.84. The number of hydrogen-bond donors (Lipinski definition) is 2. The standard InChI is InChI=1S/C15H17NO4S3/c1-11-2-4-12(5-3-11)10-21-9-7-16-23(19,20)13-6-8-22-14(13)15(17)18/h2-6,8,16H,7,9-10H2,1H3,(H,17,18). The summed E-state index contributed by atoms with van der Waals surface area (Å²) in [5.74, 6) is 0.189. The van der Waals surface area contributed by atoms with E-state index in [1.165, 1.54) is 22.6 Å². The van der Waals surface area contributed by atoms with E-state index in [1.807, 2.05) is 19.1 Å². The maximum absolute atomic E-state index is 12.1. The number of benzene rings is 1. The van der Waals surface area contributed by atoms with Crippen LogP contribution in [-0.4, -0.2) is 31.8 Å². The number of carboxylic acid groups (broad SMARTS) is 1. The van der Waals surface area contributed by atoms with Crippen LogP contribution in [0.2, 0.25) is 0 Å². The molecule has 1 aromatic carbocycles. The lowest BCUT2D eigenvalue weighted by Gasteiger charge is -2.06. The minimum Gasteiger partial charge on any atom is -0.477 e. The number of carbonyl (C=O) groups is 1. The highest BCUT2D eigenvalue weighted by atomic mass is 32.2. The van der Waals surface area contributed by atoms with E-state index in [0.29, 0.717) is 5.75 Å². The van der Waals surface area contributed by atoms with Gasteiger partial charge in [-0.2, -0.15) is 11.8 Å². The molecule has 8 heteroatoms.